The highest BCUT2D eigenvalue weighted by Crippen LogP contribution is 2.26. The second-order valence-electron chi connectivity index (χ2n) is 5.33. The maximum atomic E-state index is 11.8. The third-order valence-electron chi connectivity index (χ3n) is 3.91. The second-order valence-corrected chi connectivity index (χ2v) is 6.73. The zero-order chi connectivity index (χ0) is 13.7. The Balaban J connectivity index is 1.74. The van der Waals surface area contributed by atoms with E-state index in [0.29, 0.717) is 18.2 Å². The highest BCUT2D eigenvalue weighted by atomic mass is 32.2. The van der Waals surface area contributed by atoms with Gasteiger partial charge in [0.2, 0.25) is 0 Å². The van der Waals surface area contributed by atoms with Crippen molar-refractivity contribution in [2.75, 3.05) is 12.3 Å². The second kappa shape index (κ2) is 7.03. The monoisotopic (exact) mass is 286 g/mol. The molecule has 0 radical (unpaired) electrons. The molecular weight excluding hydrogens is 264 g/mol. The quantitative estimate of drug-likeness (QED) is 0.736. The molecule has 1 saturated carbocycles. The van der Waals surface area contributed by atoms with Gasteiger partial charge in [0.05, 0.1) is 5.92 Å². The number of carbonyl (C=O) groups excluding carboxylic acids is 1. The van der Waals surface area contributed by atoms with E-state index in [-0.39, 0.29) is 12.1 Å². The van der Waals surface area contributed by atoms with E-state index < -0.39 is 11.9 Å². The largest absolute Gasteiger partial charge is 0.481 e. The van der Waals surface area contributed by atoms with Crippen molar-refractivity contribution >= 4 is 23.8 Å². The molecule has 1 saturated heterocycles. The Morgan fingerprint density at radius 3 is 2.63 bits per heavy atom. The first kappa shape index (κ1) is 14.5. The smallest absolute Gasteiger partial charge is 0.315 e. The van der Waals surface area contributed by atoms with Crippen LogP contribution in [0.3, 0.4) is 0 Å². The number of carboxylic acid groups (broad SMARTS) is 1. The molecular formula is C13H22N2O3S. The third kappa shape index (κ3) is 4.30. The van der Waals surface area contributed by atoms with Gasteiger partial charge in [-0.05, 0) is 31.4 Å². The van der Waals surface area contributed by atoms with Crippen LogP contribution in [-0.2, 0) is 4.79 Å². The Kier molecular flexibility index (Phi) is 5.36. The van der Waals surface area contributed by atoms with E-state index >= 15 is 0 Å². The predicted octanol–water partition coefficient (Wildman–Crippen LogP) is 1.82. The molecule has 0 spiro atoms. The van der Waals surface area contributed by atoms with E-state index in [2.05, 4.69) is 10.6 Å². The highest BCUT2D eigenvalue weighted by molar-refractivity contribution is 8.00. The summed E-state index contributed by atoms with van der Waals surface area (Å²) in [7, 11) is 0. The predicted molar refractivity (Wildman–Crippen MR) is 75.4 cm³/mol. The Morgan fingerprint density at radius 2 is 1.95 bits per heavy atom. The molecule has 1 aliphatic carbocycles. The van der Waals surface area contributed by atoms with Crippen molar-refractivity contribution in [2.24, 2.45) is 5.92 Å². The minimum atomic E-state index is -0.795. The van der Waals surface area contributed by atoms with Gasteiger partial charge < -0.3 is 15.7 Å². The summed E-state index contributed by atoms with van der Waals surface area (Å²) in [5.41, 5.74) is 0. The van der Waals surface area contributed by atoms with Gasteiger partial charge >= 0.3 is 12.0 Å². The number of nitrogens with one attached hydrogen (secondary N) is 2. The van der Waals surface area contributed by atoms with Crippen LogP contribution in [0, 0.1) is 5.92 Å². The van der Waals surface area contributed by atoms with Gasteiger partial charge in [0.1, 0.15) is 0 Å². The average molecular weight is 286 g/mol. The molecule has 3 atom stereocenters. The first-order valence-corrected chi connectivity index (χ1v) is 8.10. The van der Waals surface area contributed by atoms with Crippen LogP contribution in [0.2, 0.25) is 0 Å². The molecule has 2 fully saturated rings. The van der Waals surface area contributed by atoms with Gasteiger partial charge in [0, 0.05) is 17.8 Å². The Morgan fingerprint density at radius 1 is 1.16 bits per heavy atom. The fourth-order valence-corrected chi connectivity index (χ4v) is 4.03. The van der Waals surface area contributed by atoms with Crippen LogP contribution < -0.4 is 10.6 Å². The van der Waals surface area contributed by atoms with Crippen molar-refractivity contribution in [2.45, 2.75) is 49.8 Å². The summed E-state index contributed by atoms with van der Waals surface area (Å²) in [6.07, 6.45) is 5.75. The molecule has 0 aromatic heterocycles. The van der Waals surface area contributed by atoms with Gasteiger partial charge in [-0.1, -0.05) is 12.8 Å². The van der Waals surface area contributed by atoms with Crippen molar-refractivity contribution in [3.8, 4) is 0 Å². The summed E-state index contributed by atoms with van der Waals surface area (Å²) in [5.74, 6) is -0.0470. The highest BCUT2D eigenvalue weighted by Gasteiger charge is 2.31. The zero-order valence-electron chi connectivity index (χ0n) is 11.1. The number of carboxylic acids is 1. The van der Waals surface area contributed by atoms with E-state index in [4.69, 9.17) is 5.11 Å². The van der Waals surface area contributed by atoms with Crippen molar-refractivity contribution < 1.29 is 14.7 Å². The molecule has 3 N–H and O–H groups in total. The standard InChI is InChI=1S/C13H22N2O3S/c16-12(17)10-5-1-2-6-11(10)15-13(18)14-8-9-4-3-7-19-9/h9-11H,1-8H2,(H,16,17)(H2,14,15,18). The number of amides is 2. The molecule has 0 aromatic carbocycles. The molecule has 19 heavy (non-hydrogen) atoms. The average Bonchev–Trinajstić information content (AvgIpc) is 2.90. The Labute approximate surface area is 117 Å². The third-order valence-corrected chi connectivity index (χ3v) is 5.31. The molecule has 108 valence electrons. The lowest BCUT2D eigenvalue weighted by molar-refractivity contribution is -0.143. The number of carbonyl (C=O) groups is 2. The molecule has 2 amide bonds. The Hall–Kier alpha value is -0.910. The normalized spacial score (nSPS) is 30.8. The summed E-state index contributed by atoms with van der Waals surface area (Å²) in [6, 6.07) is -0.437. The van der Waals surface area contributed by atoms with Crippen LogP contribution in [-0.4, -0.2) is 40.7 Å². The van der Waals surface area contributed by atoms with E-state index in [1.165, 1.54) is 12.2 Å². The zero-order valence-corrected chi connectivity index (χ0v) is 11.9. The maximum absolute atomic E-state index is 11.8. The molecule has 6 heteroatoms. The topological polar surface area (TPSA) is 78.4 Å². The van der Waals surface area contributed by atoms with Crippen molar-refractivity contribution in [1.82, 2.24) is 10.6 Å². The fraction of sp³-hybridized carbons (Fsp3) is 0.846. The fourth-order valence-electron chi connectivity index (χ4n) is 2.83. The minimum Gasteiger partial charge on any atom is -0.481 e. The Bertz CT molecular complexity index is 332. The first-order chi connectivity index (χ1) is 9.16. The van der Waals surface area contributed by atoms with Crippen molar-refractivity contribution in [3.05, 3.63) is 0 Å². The van der Waals surface area contributed by atoms with Gasteiger partial charge in [-0.2, -0.15) is 11.8 Å². The molecule has 2 rings (SSSR count). The van der Waals surface area contributed by atoms with Gasteiger partial charge in [-0.3, -0.25) is 4.79 Å². The van der Waals surface area contributed by atoms with Crippen molar-refractivity contribution in [1.29, 1.82) is 0 Å². The molecule has 1 aliphatic heterocycles. The van der Waals surface area contributed by atoms with E-state index in [1.807, 2.05) is 11.8 Å². The van der Waals surface area contributed by atoms with E-state index in [0.717, 1.165) is 25.7 Å². The van der Waals surface area contributed by atoms with Crippen LogP contribution in [0.25, 0.3) is 0 Å². The summed E-state index contributed by atoms with van der Waals surface area (Å²) < 4.78 is 0. The maximum Gasteiger partial charge on any atom is 0.315 e. The molecule has 1 heterocycles. The molecule has 0 aromatic rings. The number of hydrogen-bond acceptors (Lipinski definition) is 3. The van der Waals surface area contributed by atoms with Gasteiger partial charge in [-0.25, -0.2) is 4.79 Å². The van der Waals surface area contributed by atoms with Gasteiger partial charge in [0.25, 0.3) is 0 Å². The van der Waals surface area contributed by atoms with Crippen LogP contribution in [0.4, 0.5) is 4.79 Å². The number of hydrogen-bond donors (Lipinski definition) is 3. The van der Waals surface area contributed by atoms with Gasteiger partial charge in [0.15, 0.2) is 0 Å². The molecule has 3 unspecified atom stereocenters. The van der Waals surface area contributed by atoms with Crippen LogP contribution in [0.5, 0.6) is 0 Å². The summed E-state index contributed by atoms with van der Waals surface area (Å²) >= 11 is 1.90. The minimum absolute atomic E-state index is 0.217. The molecule has 0 bridgehead atoms. The lowest BCUT2D eigenvalue weighted by Crippen LogP contribution is -2.49. The number of rotatable bonds is 4. The van der Waals surface area contributed by atoms with Crippen molar-refractivity contribution in [3.63, 3.8) is 0 Å². The number of thioether (sulfide) groups is 1. The number of aliphatic carboxylic acids is 1. The van der Waals surface area contributed by atoms with Gasteiger partial charge in [-0.15, -0.1) is 0 Å². The van der Waals surface area contributed by atoms with Crippen LogP contribution in [0.1, 0.15) is 38.5 Å². The van der Waals surface area contributed by atoms with E-state index in [1.54, 1.807) is 0 Å². The SMILES string of the molecule is O=C(NCC1CCCS1)NC1CCCCC1C(=O)O. The number of urea groups is 1. The van der Waals surface area contributed by atoms with E-state index in [9.17, 15) is 9.59 Å². The van der Waals surface area contributed by atoms with Crippen LogP contribution in [0.15, 0.2) is 0 Å². The lowest BCUT2D eigenvalue weighted by Gasteiger charge is -2.29. The summed E-state index contributed by atoms with van der Waals surface area (Å²) in [4.78, 5) is 22.9. The molecule has 2 aliphatic rings. The molecule has 5 nitrogen and oxygen atoms in total. The van der Waals surface area contributed by atoms with Crippen LogP contribution >= 0.6 is 11.8 Å². The summed E-state index contributed by atoms with van der Waals surface area (Å²) in [5, 5.41) is 15.4. The summed E-state index contributed by atoms with van der Waals surface area (Å²) in [6.45, 7) is 0.682. The lowest BCUT2D eigenvalue weighted by atomic mass is 9.84. The first-order valence-electron chi connectivity index (χ1n) is 7.05.